The zero-order valence-electron chi connectivity index (χ0n) is 10.6. The van der Waals surface area contributed by atoms with E-state index in [1.165, 1.54) is 0 Å². The van der Waals surface area contributed by atoms with Gasteiger partial charge in [0.25, 0.3) is 0 Å². The smallest absolute Gasteiger partial charge is 0.412 e. The van der Waals surface area contributed by atoms with Gasteiger partial charge in [0.15, 0.2) is 6.07 Å². The molecule has 0 unspecified atom stereocenters. The Morgan fingerprint density at radius 2 is 1.89 bits per heavy atom. The molecule has 0 heterocycles. The average Bonchev–Trinajstić information content (AvgIpc) is 2.25. The number of rotatable bonds is 1. The lowest BCUT2D eigenvalue weighted by atomic mass is 10.2. The summed E-state index contributed by atoms with van der Waals surface area (Å²) in [5.41, 5.74) is 0.806. The highest BCUT2D eigenvalue weighted by Gasteiger charge is 2.15. The first-order valence-electron chi connectivity index (χ1n) is 5.41. The molecule has 0 fully saturated rings. The molecule has 1 aromatic rings. The molecular weight excluding hydrogens is 228 g/mol. The molecule has 0 radical (unpaired) electrons. The van der Waals surface area contributed by atoms with E-state index in [1.807, 2.05) is 0 Å². The number of nitrogens with zero attached hydrogens (tertiary/aromatic N) is 1. The number of anilines is 1. The quantitative estimate of drug-likeness (QED) is 0.770. The first-order chi connectivity index (χ1) is 8.40. The summed E-state index contributed by atoms with van der Waals surface area (Å²) in [4.78, 5) is 11.5. The monoisotopic (exact) mass is 242 g/mol. The summed E-state index contributed by atoms with van der Waals surface area (Å²) in [6, 6.07) is 8.58. The lowest BCUT2D eigenvalue weighted by Crippen LogP contribution is -2.27. The van der Waals surface area contributed by atoms with Crippen molar-refractivity contribution in [2.45, 2.75) is 26.4 Å². The molecule has 0 bridgehead atoms. The van der Waals surface area contributed by atoms with Gasteiger partial charge >= 0.3 is 6.09 Å². The fourth-order valence-electron chi connectivity index (χ4n) is 1.16. The van der Waals surface area contributed by atoms with Crippen molar-refractivity contribution in [2.24, 2.45) is 0 Å². The summed E-state index contributed by atoms with van der Waals surface area (Å²) < 4.78 is 5.12. The van der Waals surface area contributed by atoms with Gasteiger partial charge in [-0.1, -0.05) is 5.92 Å². The summed E-state index contributed by atoms with van der Waals surface area (Å²) in [5, 5.41) is 10.9. The molecule has 1 rings (SSSR count). The highest BCUT2D eigenvalue weighted by molar-refractivity contribution is 5.84. The van der Waals surface area contributed by atoms with Crippen molar-refractivity contribution < 1.29 is 9.53 Å². The van der Waals surface area contributed by atoms with Crippen molar-refractivity contribution in [3.05, 3.63) is 29.8 Å². The first-order valence-corrected chi connectivity index (χ1v) is 5.41. The molecule has 0 aliphatic carbocycles. The Hall–Kier alpha value is -2.46. The second-order valence-corrected chi connectivity index (χ2v) is 4.57. The lowest BCUT2D eigenvalue weighted by molar-refractivity contribution is 0.0636. The Bertz CT molecular complexity index is 522. The van der Waals surface area contributed by atoms with Crippen molar-refractivity contribution in [3.63, 3.8) is 0 Å². The van der Waals surface area contributed by atoms with Crippen molar-refractivity contribution in [1.82, 2.24) is 0 Å². The largest absolute Gasteiger partial charge is 0.444 e. The number of carbonyl (C=O) groups excluding carboxylic acids is 1. The fraction of sp³-hybridized carbons (Fsp3) is 0.286. The average molecular weight is 242 g/mol. The molecule has 1 N–H and O–H groups in total. The Balaban J connectivity index is 2.65. The molecule has 0 saturated carbocycles. The molecule has 92 valence electrons. The number of benzene rings is 1. The SMILES string of the molecule is CC(C)(C)OC(=O)Nc1ccc(C#CC#N)cc1. The predicted molar refractivity (Wildman–Crippen MR) is 68.8 cm³/mol. The maximum absolute atomic E-state index is 11.5. The number of carbonyl (C=O) groups is 1. The van der Waals surface area contributed by atoms with Crippen LogP contribution in [0, 0.1) is 23.2 Å². The standard InChI is InChI=1S/C14H14N2O2/c1-14(2,3)18-13(17)16-12-8-6-11(7-9-12)5-4-10-15/h6-9H,1-3H3,(H,16,17). The molecule has 0 spiro atoms. The van der Waals surface area contributed by atoms with Crippen LogP contribution in [0.2, 0.25) is 0 Å². The molecule has 0 aliphatic rings. The topological polar surface area (TPSA) is 62.1 Å². The van der Waals surface area contributed by atoms with Crippen LogP contribution in [0.4, 0.5) is 10.5 Å². The number of hydrogen-bond acceptors (Lipinski definition) is 3. The minimum atomic E-state index is -0.526. The summed E-state index contributed by atoms with van der Waals surface area (Å²) in [6.07, 6.45) is -0.502. The normalized spacial score (nSPS) is 9.67. The molecule has 4 heteroatoms. The van der Waals surface area contributed by atoms with Crippen LogP contribution in [0.5, 0.6) is 0 Å². The van der Waals surface area contributed by atoms with E-state index in [0.29, 0.717) is 11.3 Å². The Morgan fingerprint density at radius 1 is 1.28 bits per heavy atom. The van der Waals surface area contributed by atoms with Gasteiger partial charge in [0.05, 0.1) is 0 Å². The maximum Gasteiger partial charge on any atom is 0.412 e. The van der Waals surface area contributed by atoms with Gasteiger partial charge in [0.2, 0.25) is 0 Å². The summed E-state index contributed by atoms with van der Waals surface area (Å²) in [7, 11) is 0. The number of nitriles is 1. The second-order valence-electron chi connectivity index (χ2n) is 4.57. The molecule has 0 saturated heterocycles. The van der Waals surface area contributed by atoms with Gasteiger partial charge in [0.1, 0.15) is 5.60 Å². The number of ether oxygens (including phenoxy) is 1. The zero-order valence-corrected chi connectivity index (χ0v) is 10.6. The molecule has 0 aliphatic heterocycles. The van der Waals surface area contributed by atoms with Crippen LogP contribution >= 0.6 is 0 Å². The van der Waals surface area contributed by atoms with E-state index in [-0.39, 0.29) is 0 Å². The maximum atomic E-state index is 11.5. The van der Waals surface area contributed by atoms with Crippen molar-refractivity contribution >= 4 is 11.8 Å². The van der Waals surface area contributed by atoms with Crippen LogP contribution in [-0.2, 0) is 4.74 Å². The summed E-state index contributed by atoms with van der Waals surface area (Å²) in [6.45, 7) is 5.40. The van der Waals surface area contributed by atoms with E-state index in [2.05, 4.69) is 17.2 Å². The number of amides is 1. The summed E-state index contributed by atoms with van der Waals surface area (Å²) >= 11 is 0. The van der Waals surface area contributed by atoms with Gasteiger partial charge in [0, 0.05) is 17.2 Å². The van der Waals surface area contributed by atoms with Crippen molar-refractivity contribution in [1.29, 1.82) is 5.26 Å². The Morgan fingerprint density at radius 3 is 2.39 bits per heavy atom. The van der Waals surface area contributed by atoms with E-state index in [1.54, 1.807) is 51.1 Å². The van der Waals surface area contributed by atoms with Gasteiger partial charge in [-0.3, -0.25) is 5.32 Å². The fourth-order valence-corrected chi connectivity index (χ4v) is 1.16. The molecule has 0 atom stereocenters. The van der Waals surface area contributed by atoms with Crippen LogP contribution < -0.4 is 5.32 Å². The van der Waals surface area contributed by atoms with E-state index in [4.69, 9.17) is 10.00 Å². The number of nitrogens with one attached hydrogen (secondary N) is 1. The third kappa shape index (κ3) is 5.05. The molecule has 1 amide bonds. The van der Waals surface area contributed by atoms with Gasteiger partial charge in [-0.25, -0.2) is 4.79 Å². The molecule has 18 heavy (non-hydrogen) atoms. The molecule has 4 nitrogen and oxygen atoms in total. The minimum Gasteiger partial charge on any atom is -0.444 e. The third-order valence-electron chi connectivity index (χ3n) is 1.79. The van der Waals surface area contributed by atoms with Gasteiger partial charge in [-0.2, -0.15) is 5.26 Å². The Labute approximate surface area is 107 Å². The van der Waals surface area contributed by atoms with Crippen LogP contribution in [0.1, 0.15) is 26.3 Å². The van der Waals surface area contributed by atoms with Crippen LogP contribution in [0.15, 0.2) is 24.3 Å². The Kier molecular flexibility index (Phi) is 4.34. The van der Waals surface area contributed by atoms with E-state index in [9.17, 15) is 4.79 Å². The summed E-state index contributed by atoms with van der Waals surface area (Å²) in [5.74, 6) is 4.96. The molecular formula is C14H14N2O2. The van der Waals surface area contributed by atoms with Crippen molar-refractivity contribution in [3.8, 4) is 17.9 Å². The lowest BCUT2D eigenvalue weighted by Gasteiger charge is -2.19. The minimum absolute atomic E-state index is 0.502. The van der Waals surface area contributed by atoms with E-state index < -0.39 is 11.7 Å². The van der Waals surface area contributed by atoms with Gasteiger partial charge in [-0.05, 0) is 45.0 Å². The van der Waals surface area contributed by atoms with Crippen LogP contribution in [0.3, 0.4) is 0 Å². The van der Waals surface area contributed by atoms with Crippen LogP contribution in [0.25, 0.3) is 0 Å². The highest BCUT2D eigenvalue weighted by Crippen LogP contribution is 2.12. The highest BCUT2D eigenvalue weighted by atomic mass is 16.6. The second kappa shape index (κ2) is 5.75. The zero-order chi connectivity index (χ0) is 13.6. The molecule has 0 aromatic heterocycles. The third-order valence-corrected chi connectivity index (χ3v) is 1.79. The predicted octanol–water partition coefficient (Wildman–Crippen LogP) is 2.91. The van der Waals surface area contributed by atoms with Crippen LogP contribution in [-0.4, -0.2) is 11.7 Å². The number of hydrogen-bond donors (Lipinski definition) is 1. The van der Waals surface area contributed by atoms with Crippen molar-refractivity contribution in [2.75, 3.05) is 5.32 Å². The van der Waals surface area contributed by atoms with Gasteiger partial charge < -0.3 is 4.74 Å². The first kappa shape index (κ1) is 13.6. The molecule has 1 aromatic carbocycles. The van der Waals surface area contributed by atoms with E-state index in [0.717, 1.165) is 0 Å². The van der Waals surface area contributed by atoms with E-state index >= 15 is 0 Å². The van der Waals surface area contributed by atoms with Gasteiger partial charge in [-0.15, -0.1) is 0 Å².